The largest absolute Gasteiger partial charge is 0.310 e. The lowest BCUT2D eigenvalue weighted by atomic mass is 9.89. The molecule has 0 aliphatic heterocycles. The van der Waals surface area contributed by atoms with Crippen molar-refractivity contribution >= 4 is 11.3 Å². The number of aromatic nitrogens is 1. The molecule has 3 nitrogen and oxygen atoms in total. The van der Waals surface area contributed by atoms with Crippen molar-refractivity contribution in [2.75, 3.05) is 20.1 Å². The van der Waals surface area contributed by atoms with Gasteiger partial charge in [-0.05, 0) is 38.8 Å². The van der Waals surface area contributed by atoms with E-state index < -0.39 is 0 Å². The highest BCUT2D eigenvalue weighted by molar-refractivity contribution is 7.09. The van der Waals surface area contributed by atoms with E-state index in [4.69, 9.17) is 4.98 Å². The fourth-order valence-corrected chi connectivity index (χ4v) is 3.78. The van der Waals surface area contributed by atoms with E-state index in [9.17, 15) is 0 Å². The van der Waals surface area contributed by atoms with Crippen LogP contribution in [0.2, 0.25) is 0 Å². The maximum Gasteiger partial charge on any atom is 0.107 e. The van der Waals surface area contributed by atoms with Crippen molar-refractivity contribution < 1.29 is 0 Å². The molecule has 114 valence electrons. The molecule has 0 radical (unpaired) electrons. The number of nitrogens with one attached hydrogen (secondary N) is 1. The summed E-state index contributed by atoms with van der Waals surface area (Å²) in [6, 6.07) is 0. The second-order valence-electron chi connectivity index (χ2n) is 6.11. The summed E-state index contributed by atoms with van der Waals surface area (Å²) in [6.07, 6.45) is 8.34. The minimum atomic E-state index is 0.915. The van der Waals surface area contributed by atoms with E-state index in [1.165, 1.54) is 55.8 Å². The maximum absolute atomic E-state index is 4.73. The molecular formula is C16H29N3S. The molecule has 1 aliphatic carbocycles. The molecular weight excluding hydrogens is 266 g/mol. The van der Waals surface area contributed by atoms with Crippen LogP contribution in [0.3, 0.4) is 0 Å². The Hall–Kier alpha value is -0.450. The Balaban J connectivity index is 1.71. The van der Waals surface area contributed by atoms with Crippen molar-refractivity contribution in [1.82, 2.24) is 15.2 Å². The zero-order valence-electron chi connectivity index (χ0n) is 13.0. The Morgan fingerprint density at radius 1 is 1.35 bits per heavy atom. The Morgan fingerprint density at radius 3 is 2.90 bits per heavy atom. The number of thiazole rings is 1. The van der Waals surface area contributed by atoms with Crippen LogP contribution >= 0.6 is 11.3 Å². The van der Waals surface area contributed by atoms with Crippen molar-refractivity contribution in [3.8, 4) is 0 Å². The van der Waals surface area contributed by atoms with Gasteiger partial charge in [0.2, 0.25) is 0 Å². The van der Waals surface area contributed by atoms with Gasteiger partial charge in [0.25, 0.3) is 0 Å². The predicted octanol–water partition coefficient (Wildman–Crippen LogP) is 3.65. The highest BCUT2D eigenvalue weighted by Gasteiger charge is 2.15. The van der Waals surface area contributed by atoms with Crippen molar-refractivity contribution in [3.63, 3.8) is 0 Å². The monoisotopic (exact) mass is 295 g/mol. The summed E-state index contributed by atoms with van der Waals surface area (Å²) in [6.45, 7) is 6.43. The van der Waals surface area contributed by atoms with Crippen molar-refractivity contribution in [2.45, 2.75) is 58.5 Å². The summed E-state index contributed by atoms with van der Waals surface area (Å²) in [5.41, 5.74) is 1.24. The first-order valence-corrected chi connectivity index (χ1v) is 8.98. The van der Waals surface area contributed by atoms with E-state index >= 15 is 0 Å². The molecule has 0 atom stereocenters. The van der Waals surface area contributed by atoms with Gasteiger partial charge in [0.15, 0.2) is 0 Å². The van der Waals surface area contributed by atoms with Gasteiger partial charge in [-0.3, -0.25) is 0 Å². The molecule has 0 spiro atoms. The third-order valence-corrected chi connectivity index (χ3v) is 4.93. The highest BCUT2D eigenvalue weighted by Crippen LogP contribution is 2.24. The second-order valence-corrected chi connectivity index (χ2v) is 7.05. The van der Waals surface area contributed by atoms with Crippen molar-refractivity contribution in [1.29, 1.82) is 0 Å². The molecule has 0 saturated heterocycles. The fraction of sp³-hybridized carbons (Fsp3) is 0.812. The predicted molar refractivity (Wildman–Crippen MR) is 87.0 cm³/mol. The summed E-state index contributed by atoms with van der Waals surface area (Å²) < 4.78 is 0. The van der Waals surface area contributed by atoms with E-state index in [0.29, 0.717) is 0 Å². The van der Waals surface area contributed by atoms with Crippen LogP contribution in [0.4, 0.5) is 0 Å². The molecule has 0 unspecified atom stereocenters. The first-order valence-electron chi connectivity index (χ1n) is 8.10. The Bertz CT molecular complexity index is 372. The lowest BCUT2D eigenvalue weighted by molar-refractivity contribution is 0.226. The van der Waals surface area contributed by atoms with Gasteiger partial charge in [-0.1, -0.05) is 26.2 Å². The van der Waals surface area contributed by atoms with Crippen LogP contribution in [0, 0.1) is 5.92 Å². The molecule has 20 heavy (non-hydrogen) atoms. The molecule has 0 amide bonds. The Morgan fingerprint density at radius 2 is 2.15 bits per heavy atom. The van der Waals surface area contributed by atoms with Gasteiger partial charge in [-0.15, -0.1) is 11.3 Å². The topological polar surface area (TPSA) is 28.2 Å². The van der Waals surface area contributed by atoms with E-state index in [1.807, 2.05) is 0 Å². The average Bonchev–Trinajstić information content (AvgIpc) is 2.87. The molecule has 1 aromatic heterocycles. The summed E-state index contributed by atoms with van der Waals surface area (Å²) in [5.74, 6) is 0.915. The van der Waals surface area contributed by atoms with E-state index in [1.54, 1.807) is 11.3 Å². The van der Waals surface area contributed by atoms with Crippen LogP contribution in [0.1, 0.15) is 56.2 Å². The van der Waals surface area contributed by atoms with Gasteiger partial charge in [-0.2, -0.15) is 0 Å². The third kappa shape index (κ3) is 5.51. The summed E-state index contributed by atoms with van der Waals surface area (Å²) >= 11 is 1.79. The van der Waals surface area contributed by atoms with Gasteiger partial charge >= 0.3 is 0 Å². The summed E-state index contributed by atoms with van der Waals surface area (Å²) in [7, 11) is 2.24. The molecule has 1 heterocycles. The van der Waals surface area contributed by atoms with Gasteiger partial charge in [0, 0.05) is 25.0 Å². The normalized spacial score (nSPS) is 16.9. The zero-order valence-corrected chi connectivity index (χ0v) is 13.8. The smallest absolute Gasteiger partial charge is 0.107 e. The lowest BCUT2D eigenvalue weighted by Gasteiger charge is -2.26. The van der Waals surface area contributed by atoms with Crippen LogP contribution < -0.4 is 5.32 Å². The van der Waals surface area contributed by atoms with Gasteiger partial charge in [0.05, 0.1) is 5.69 Å². The molecule has 2 rings (SSSR count). The second kappa shape index (κ2) is 8.75. The number of nitrogens with zero attached hydrogens (tertiary/aromatic N) is 2. The molecule has 1 N–H and O–H groups in total. The van der Waals surface area contributed by atoms with Crippen LogP contribution in [0.25, 0.3) is 0 Å². The molecule has 1 fully saturated rings. The maximum atomic E-state index is 4.73. The number of hydrogen-bond acceptors (Lipinski definition) is 4. The van der Waals surface area contributed by atoms with Gasteiger partial charge < -0.3 is 10.2 Å². The van der Waals surface area contributed by atoms with Crippen LogP contribution in [-0.4, -0.2) is 30.0 Å². The Kier molecular flexibility index (Phi) is 6.97. The van der Waals surface area contributed by atoms with Crippen LogP contribution in [-0.2, 0) is 13.1 Å². The van der Waals surface area contributed by atoms with Crippen LogP contribution in [0.5, 0.6) is 0 Å². The van der Waals surface area contributed by atoms with E-state index in [2.05, 4.69) is 29.6 Å². The molecule has 1 aromatic rings. The standard InChI is InChI=1S/C16H29N3S/c1-3-9-17-10-16-18-15(13-20-16)12-19(2)11-14-7-5-4-6-8-14/h13-14,17H,3-12H2,1-2H3. The minimum absolute atomic E-state index is 0.915. The highest BCUT2D eigenvalue weighted by atomic mass is 32.1. The number of hydrogen-bond donors (Lipinski definition) is 1. The lowest BCUT2D eigenvalue weighted by Crippen LogP contribution is -2.26. The molecule has 1 saturated carbocycles. The molecule has 0 bridgehead atoms. The van der Waals surface area contributed by atoms with E-state index in [0.717, 1.165) is 25.6 Å². The molecule has 1 aliphatic rings. The average molecular weight is 295 g/mol. The molecule has 4 heteroatoms. The SMILES string of the molecule is CCCNCc1nc(CN(C)CC2CCCCC2)cs1. The van der Waals surface area contributed by atoms with Crippen molar-refractivity contribution in [2.24, 2.45) is 5.92 Å². The summed E-state index contributed by atoms with van der Waals surface area (Å²) in [4.78, 5) is 7.18. The van der Waals surface area contributed by atoms with Gasteiger partial charge in [0.1, 0.15) is 5.01 Å². The van der Waals surface area contributed by atoms with Gasteiger partial charge in [-0.25, -0.2) is 4.98 Å². The number of rotatable bonds is 8. The zero-order chi connectivity index (χ0) is 14.2. The molecule has 0 aromatic carbocycles. The summed E-state index contributed by atoms with van der Waals surface area (Å²) in [5, 5.41) is 6.86. The fourth-order valence-electron chi connectivity index (χ4n) is 3.03. The third-order valence-electron chi connectivity index (χ3n) is 4.03. The first-order chi connectivity index (χ1) is 9.78. The minimum Gasteiger partial charge on any atom is -0.310 e. The quantitative estimate of drug-likeness (QED) is 0.742. The Labute approximate surface area is 127 Å². The van der Waals surface area contributed by atoms with Crippen molar-refractivity contribution in [3.05, 3.63) is 16.1 Å². The van der Waals surface area contributed by atoms with Crippen LogP contribution in [0.15, 0.2) is 5.38 Å². The first kappa shape index (κ1) is 15.9. The van der Waals surface area contributed by atoms with E-state index in [-0.39, 0.29) is 0 Å².